The van der Waals surface area contributed by atoms with Crippen LogP contribution in [0.2, 0.25) is 0 Å². The van der Waals surface area contributed by atoms with Gasteiger partial charge in [0.1, 0.15) is 22.8 Å². The highest BCUT2D eigenvalue weighted by atomic mass is 32.1. The first kappa shape index (κ1) is 23.3. The standard InChI is InChI=1S/C25H34N6O3S/c1-3-25(2)14-17-18(15-34-25)23(31-8-12-33-13-9-31)29-24-19(17)20-21(35-24)22(28-16-27-20)26-4-5-30-6-10-32-11-7-30/h16H,3-15H2,1-2H3,(H,26,27,28)/t25-/m0/s1. The smallest absolute Gasteiger partial charge is 0.147 e. The van der Waals surface area contributed by atoms with Gasteiger partial charge in [0.2, 0.25) is 0 Å². The lowest BCUT2D eigenvalue weighted by atomic mass is 9.87. The summed E-state index contributed by atoms with van der Waals surface area (Å²) in [5.41, 5.74) is 3.39. The van der Waals surface area contributed by atoms with E-state index in [9.17, 15) is 0 Å². The Morgan fingerprint density at radius 2 is 1.83 bits per heavy atom. The molecule has 1 N–H and O–H groups in total. The highest BCUT2D eigenvalue weighted by Crippen LogP contribution is 2.44. The molecule has 3 aromatic heterocycles. The van der Waals surface area contributed by atoms with Crippen molar-refractivity contribution in [3.63, 3.8) is 0 Å². The molecule has 10 heteroatoms. The number of aromatic nitrogens is 3. The van der Waals surface area contributed by atoms with Crippen LogP contribution in [0.4, 0.5) is 11.6 Å². The van der Waals surface area contributed by atoms with E-state index in [1.54, 1.807) is 17.7 Å². The van der Waals surface area contributed by atoms with Gasteiger partial charge >= 0.3 is 0 Å². The zero-order valence-electron chi connectivity index (χ0n) is 20.6. The Morgan fingerprint density at radius 3 is 2.60 bits per heavy atom. The summed E-state index contributed by atoms with van der Waals surface area (Å²) in [6.07, 6.45) is 3.52. The summed E-state index contributed by atoms with van der Waals surface area (Å²) in [6.45, 7) is 13.6. The summed E-state index contributed by atoms with van der Waals surface area (Å²) in [6, 6.07) is 0. The summed E-state index contributed by atoms with van der Waals surface area (Å²) in [7, 11) is 0. The van der Waals surface area contributed by atoms with E-state index in [1.807, 2.05) is 0 Å². The number of ether oxygens (including phenoxy) is 3. The van der Waals surface area contributed by atoms with Gasteiger partial charge in [-0.25, -0.2) is 15.0 Å². The predicted molar refractivity (Wildman–Crippen MR) is 139 cm³/mol. The fourth-order valence-electron chi connectivity index (χ4n) is 5.26. The van der Waals surface area contributed by atoms with Crippen molar-refractivity contribution in [3.05, 3.63) is 17.5 Å². The van der Waals surface area contributed by atoms with Gasteiger partial charge in [0, 0.05) is 56.6 Å². The van der Waals surface area contributed by atoms with Gasteiger partial charge in [-0.05, 0) is 18.9 Å². The Balaban J connectivity index is 1.40. The molecule has 6 heterocycles. The summed E-state index contributed by atoms with van der Waals surface area (Å²) >= 11 is 1.70. The monoisotopic (exact) mass is 498 g/mol. The second kappa shape index (κ2) is 9.74. The second-order valence-corrected chi connectivity index (χ2v) is 10.8. The van der Waals surface area contributed by atoms with Crippen LogP contribution in [-0.4, -0.2) is 91.1 Å². The lowest BCUT2D eigenvalue weighted by Crippen LogP contribution is -2.40. The minimum Gasteiger partial charge on any atom is -0.379 e. The van der Waals surface area contributed by atoms with E-state index in [2.05, 4.69) is 33.9 Å². The Hall–Kier alpha value is -2.11. The molecule has 3 aliphatic heterocycles. The van der Waals surface area contributed by atoms with E-state index in [0.29, 0.717) is 6.61 Å². The molecule has 3 aliphatic rings. The molecule has 0 amide bonds. The zero-order valence-corrected chi connectivity index (χ0v) is 21.5. The molecule has 0 spiro atoms. The molecule has 0 radical (unpaired) electrons. The first-order chi connectivity index (χ1) is 17.1. The van der Waals surface area contributed by atoms with Gasteiger partial charge in [0.15, 0.2) is 0 Å². The van der Waals surface area contributed by atoms with Crippen LogP contribution >= 0.6 is 11.3 Å². The van der Waals surface area contributed by atoms with Crippen LogP contribution in [0.25, 0.3) is 20.4 Å². The van der Waals surface area contributed by atoms with Crippen molar-refractivity contribution in [2.24, 2.45) is 0 Å². The van der Waals surface area contributed by atoms with E-state index in [-0.39, 0.29) is 5.60 Å². The topological polar surface area (TPSA) is 84.9 Å². The number of pyridine rings is 1. The van der Waals surface area contributed by atoms with E-state index in [1.165, 1.54) is 16.5 Å². The third kappa shape index (κ3) is 4.46. The normalized spacial score (nSPS) is 23.7. The second-order valence-electron chi connectivity index (χ2n) is 9.82. The van der Waals surface area contributed by atoms with Crippen LogP contribution in [0.15, 0.2) is 6.33 Å². The molecule has 0 bridgehead atoms. The highest BCUT2D eigenvalue weighted by molar-refractivity contribution is 7.26. The largest absolute Gasteiger partial charge is 0.379 e. The molecule has 35 heavy (non-hydrogen) atoms. The lowest BCUT2D eigenvalue weighted by Gasteiger charge is -2.37. The average Bonchev–Trinajstić information content (AvgIpc) is 3.29. The van der Waals surface area contributed by atoms with Gasteiger partial charge in [0.25, 0.3) is 0 Å². The number of anilines is 2. The number of nitrogens with one attached hydrogen (secondary N) is 1. The maximum absolute atomic E-state index is 6.39. The summed E-state index contributed by atoms with van der Waals surface area (Å²) in [5.74, 6) is 1.95. The van der Waals surface area contributed by atoms with Crippen molar-refractivity contribution in [2.75, 3.05) is 75.9 Å². The lowest BCUT2D eigenvalue weighted by molar-refractivity contribution is -0.0558. The van der Waals surface area contributed by atoms with Crippen molar-refractivity contribution in [1.29, 1.82) is 0 Å². The number of nitrogens with zero attached hydrogens (tertiary/aromatic N) is 5. The maximum atomic E-state index is 6.39. The van der Waals surface area contributed by atoms with E-state index in [0.717, 1.165) is 105 Å². The number of fused-ring (bicyclic) bond motifs is 5. The molecular formula is C25H34N6O3S. The SMILES string of the molecule is CC[C@@]1(C)Cc2c(c(N3CCOCC3)nc3sc4c(NCCN5CCOCC5)ncnc4c23)CO1. The third-order valence-corrected chi connectivity index (χ3v) is 8.67. The molecule has 1 atom stereocenters. The van der Waals surface area contributed by atoms with Crippen molar-refractivity contribution >= 4 is 43.4 Å². The molecule has 0 aromatic carbocycles. The highest BCUT2D eigenvalue weighted by Gasteiger charge is 2.35. The quantitative estimate of drug-likeness (QED) is 0.551. The van der Waals surface area contributed by atoms with Crippen LogP contribution in [0.1, 0.15) is 31.4 Å². The summed E-state index contributed by atoms with van der Waals surface area (Å²) in [5, 5.41) is 4.76. The number of morpholine rings is 2. The Bertz CT molecular complexity index is 1210. The number of hydrogen-bond donors (Lipinski definition) is 1. The molecule has 3 aromatic rings. The van der Waals surface area contributed by atoms with Crippen LogP contribution in [0.5, 0.6) is 0 Å². The predicted octanol–water partition coefficient (Wildman–Crippen LogP) is 3.06. The van der Waals surface area contributed by atoms with E-state index in [4.69, 9.17) is 24.2 Å². The van der Waals surface area contributed by atoms with Crippen LogP contribution in [-0.2, 0) is 27.2 Å². The van der Waals surface area contributed by atoms with Crippen LogP contribution < -0.4 is 10.2 Å². The van der Waals surface area contributed by atoms with Crippen molar-refractivity contribution in [1.82, 2.24) is 19.9 Å². The Kier molecular flexibility index (Phi) is 6.48. The molecule has 9 nitrogen and oxygen atoms in total. The van der Waals surface area contributed by atoms with Gasteiger partial charge in [-0.2, -0.15) is 0 Å². The molecule has 2 saturated heterocycles. The maximum Gasteiger partial charge on any atom is 0.147 e. The van der Waals surface area contributed by atoms with Crippen molar-refractivity contribution in [3.8, 4) is 0 Å². The van der Waals surface area contributed by atoms with Gasteiger partial charge < -0.3 is 24.4 Å². The molecular weight excluding hydrogens is 464 g/mol. The molecule has 2 fully saturated rings. The fraction of sp³-hybridized carbons (Fsp3) is 0.640. The molecule has 0 aliphatic carbocycles. The van der Waals surface area contributed by atoms with Crippen molar-refractivity contribution < 1.29 is 14.2 Å². The van der Waals surface area contributed by atoms with E-state index >= 15 is 0 Å². The molecule has 188 valence electrons. The molecule has 0 saturated carbocycles. The summed E-state index contributed by atoms with van der Waals surface area (Å²) < 4.78 is 18.6. The van der Waals surface area contributed by atoms with Gasteiger partial charge in [0.05, 0.1) is 48.9 Å². The zero-order chi connectivity index (χ0) is 23.8. The van der Waals surface area contributed by atoms with E-state index < -0.39 is 0 Å². The first-order valence-electron chi connectivity index (χ1n) is 12.7. The minimum atomic E-state index is -0.176. The average molecular weight is 499 g/mol. The van der Waals surface area contributed by atoms with Gasteiger partial charge in [-0.3, -0.25) is 4.90 Å². The third-order valence-electron chi connectivity index (χ3n) is 7.60. The molecule has 0 unspecified atom stereocenters. The van der Waals surface area contributed by atoms with Gasteiger partial charge in [-0.1, -0.05) is 6.92 Å². The number of thiophene rings is 1. The summed E-state index contributed by atoms with van der Waals surface area (Å²) in [4.78, 5) is 20.4. The van der Waals surface area contributed by atoms with Crippen LogP contribution in [0.3, 0.4) is 0 Å². The number of rotatable bonds is 6. The Labute approximate surface area is 209 Å². The number of hydrogen-bond acceptors (Lipinski definition) is 10. The molecule has 6 rings (SSSR count). The fourth-order valence-corrected chi connectivity index (χ4v) is 6.38. The van der Waals surface area contributed by atoms with Gasteiger partial charge in [-0.15, -0.1) is 11.3 Å². The van der Waals surface area contributed by atoms with Crippen molar-refractivity contribution in [2.45, 2.75) is 38.9 Å². The van der Waals surface area contributed by atoms with Crippen LogP contribution in [0, 0.1) is 0 Å². The first-order valence-corrected chi connectivity index (χ1v) is 13.6. The Morgan fingerprint density at radius 1 is 1.06 bits per heavy atom. The minimum absolute atomic E-state index is 0.176.